The lowest BCUT2D eigenvalue weighted by molar-refractivity contribution is -0.227. The minimum absolute atomic E-state index is 0.0377. The topological polar surface area (TPSA) is 149 Å². The van der Waals surface area contributed by atoms with Gasteiger partial charge < -0.3 is 29.2 Å². The molecule has 4 aliphatic heterocycles. The Morgan fingerprint density at radius 3 is 2.25 bits per heavy atom. The van der Waals surface area contributed by atoms with Crippen LogP contribution in [0.2, 0.25) is 0 Å². The largest absolute Gasteiger partial charge is 0.459 e. The van der Waals surface area contributed by atoms with Gasteiger partial charge in [0, 0.05) is 23.2 Å². The van der Waals surface area contributed by atoms with Crippen molar-refractivity contribution in [3.05, 3.63) is 11.6 Å². The highest BCUT2D eigenvalue weighted by Gasteiger charge is 2.89. The molecule has 2 saturated carbocycles. The summed E-state index contributed by atoms with van der Waals surface area (Å²) in [6, 6.07) is 0. The number of epoxide rings is 1. The van der Waals surface area contributed by atoms with Gasteiger partial charge >= 0.3 is 17.9 Å². The number of hydrogen-bond donors (Lipinski definition) is 2. The van der Waals surface area contributed by atoms with Crippen LogP contribution in [-0.2, 0) is 38.1 Å². The van der Waals surface area contributed by atoms with Crippen molar-refractivity contribution in [1.82, 2.24) is 0 Å². The molecule has 2 aliphatic carbocycles. The molecule has 0 amide bonds. The van der Waals surface area contributed by atoms with E-state index >= 15 is 0 Å². The fourth-order valence-electron chi connectivity index (χ4n) is 9.07. The van der Waals surface area contributed by atoms with Gasteiger partial charge in [0.25, 0.3) is 0 Å². The maximum absolute atomic E-state index is 14.2. The molecular formula is C26H32O10. The molecule has 10 heteroatoms. The third kappa shape index (κ3) is 2.48. The molecule has 0 bridgehead atoms. The summed E-state index contributed by atoms with van der Waals surface area (Å²) in [7, 11) is 0. The summed E-state index contributed by atoms with van der Waals surface area (Å²) >= 11 is 0. The molecule has 0 radical (unpaired) electrons. The summed E-state index contributed by atoms with van der Waals surface area (Å²) in [5.41, 5.74) is -5.28. The van der Waals surface area contributed by atoms with Crippen LogP contribution in [0, 0.1) is 28.1 Å². The second kappa shape index (κ2) is 6.76. The number of aliphatic hydroxyl groups excluding tert-OH is 2. The molecule has 2 N–H and O–H groups in total. The number of rotatable bonds is 1. The summed E-state index contributed by atoms with van der Waals surface area (Å²) in [6.07, 6.45) is -2.59. The van der Waals surface area contributed by atoms with E-state index in [2.05, 4.69) is 0 Å². The van der Waals surface area contributed by atoms with E-state index in [1.54, 1.807) is 20.8 Å². The van der Waals surface area contributed by atoms with Crippen LogP contribution in [0.1, 0.15) is 60.3 Å². The smallest absolute Gasteiger partial charge is 0.340 e. The maximum Gasteiger partial charge on any atom is 0.340 e. The van der Waals surface area contributed by atoms with E-state index in [4.69, 9.17) is 18.9 Å². The predicted molar refractivity (Wildman–Crippen MR) is 119 cm³/mol. The SMILES string of the molecule is CC1(C)OC(=O)CC(O)C2(C)C1CC(=O)C1(C)C2CCC2(C)C(C3=CC(O)OC3=O)OC(=O)C3OC321. The van der Waals surface area contributed by atoms with Crippen LogP contribution in [-0.4, -0.2) is 69.7 Å². The van der Waals surface area contributed by atoms with Crippen LogP contribution in [0.3, 0.4) is 0 Å². The Bertz CT molecular complexity index is 1140. The third-order valence-electron chi connectivity index (χ3n) is 10.7. The number of carbonyl (C=O) groups is 4. The average molecular weight is 505 g/mol. The summed E-state index contributed by atoms with van der Waals surface area (Å²) < 4.78 is 22.5. The Balaban J connectivity index is 1.51. The molecular weight excluding hydrogens is 472 g/mol. The molecule has 1 spiro atoms. The monoisotopic (exact) mass is 504 g/mol. The zero-order chi connectivity index (χ0) is 26.2. The second-order valence-corrected chi connectivity index (χ2v) is 12.5. The van der Waals surface area contributed by atoms with Gasteiger partial charge in [-0.1, -0.05) is 13.8 Å². The van der Waals surface area contributed by atoms with Gasteiger partial charge in [0.2, 0.25) is 6.29 Å². The Morgan fingerprint density at radius 1 is 0.917 bits per heavy atom. The molecule has 0 aromatic rings. The van der Waals surface area contributed by atoms with Gasteiger partial charge in [-0.3, -0.25) is 9.59 Å². The summed E-state index contributed by atoms with van der Waals surface area (Å²) in [5.74, 6) is -2.96. The zero-order valence-electron chi connectivity index (χ0n) is 21.0. The number of hydrogen-bond acceptors (Lipinski definition) is 10. The lowest BCUT2D eigenvalue weighted by Crippen LogP contribution is -2.73. The van der Waals surface area contributed by atoms with Gasteiger partial charge in [-0.25, -0.2) is 9.59 Å². The number of ketones is 1. The summed E-state index contributed by atoms with van der Waals surface area (Å²) in [4.78, 5) is 52.4. The van der Waals surface area contributed by atoms with Crippen LogP contribution in [0.15, 0.2) is 11.6 Å². The van der Waals surface area contributed by atoms with Gasteiger partial charge in [-0.05, 0) is 45.6 Å². The first-order valence-electron chi connectivity index (χ1n) is 12.6. The molecule has 0 aromatic carbocycles. The van der Waals surface area contributed by atoms with Crippen LogP contribution in [0.5, 0.6) is 0 Å². The van der Waals surface area contributed by atoms with Gasteiger partial charge in [0.05, 0.1) is 23.5 Å². The Morgan fingerprint density at radius 2 is 1.61 bits per heavy atom. The highest BCUT2D eigenvalue weighted by Crippen LogP contribution is 2.77. The van der Waals surface area contributed by atoms with Crippen LogP contribution >= 0.6 is 0 Å². The molecule has 6 aliphatic rings. The van der Waals surface area contributed by atoms with Crippen LogP contribution < -0.4 is 0 Å². The molecule has 6 rings (SSSR count). The van der Waals surface area contributed by atoms with Crippen LogP contribution in [0.4, 0.5) is 0 Å². The minimum atomic E-state index is -1.44. The van der Waals surface area contributed by atoms with E-state index in [0.717, 1.165) is 0 Å². The van der Waals surface area contributed by atoms with E-state index in [0.29, 0.717) is 12.8 Å². The molecule has 196 valence electrons. The van der Waals surface area contributed by atoms with Crippen molar-refractivity contribution in [2.24, 2.45) is 28.1 Å². The molecule has 0 aromatic heterocycles. The summed E-state index contributed by atoms with van der Waals surface area (Å²) in [5, 5.41) is 21.3. The highest BCUT2D eigenvalue weighted by atomic mass is 16.7. The molecule has 5 fully saturated rings. The Kier molecular flexibility index (Phi) is 4.52. The van der Waals surface area contributed by atoms with E-state index in [-0.39, 0.29) is 24.2 Å². The quantitative estimate of drug-likeness (QED) is 0.300. The lowest BCUT2D eigenvalue weighted by atomic mass is 9.37. The molecule has 3 saturated heterocycles. The number of esters is 3. The maximum atomic E-state index is 14.2. The molecule has 10 unspecified atom stereocenters. The van der Waals surface area contributed by atoms with Crippen molar-refractivity contribution >= 4 is 23.7 Å². The fraction of sp³-hybridized carbons (Fsp3) is 0.769. The highest BCUT2D eigenvalue weighted by molar-refractivity contribution is 5.96. The van der Waals surface area contributed by atoms with Crippen molar-refractivity contribution in [3.8, 4) is 0 Å². The van der Waals surface area contributed by atoms with Crippen molar-refractivity contribution in [3.63, 3.8) is 0 Å². The van der Waals surface area contributed by atoms with Crippen molar-refractivity contribution in [1.29, 1.82) is 0 Å². The van der Waals surface area contributed by atoms with E-state index < -0.39 is 81.8 Å². The molecule has 10 nitrogen and oxygen atoms in total. The van der Waals surface area contributed by atoms with Gasteiger partial charge in [0.1, 0.15) is 23.1 Å². The number of ether oxygens (including phenoxy) is 4. The predicted octanol–water partition coefficient (Wildman–Crippen LogP) is 0.955. The standard InChI is InChI=1S/C26H32O10/c1-22(2)13-9-15(28)25(5)12(24(13,4)14(27)10-17(30)35-22)6-7-23(3)18(11-8-16(29)33-20(11)31)34-21(32)19-26(23,25)36-19/h8,12-14,16,18-19,27,29H,6-7,9-10H2,1-5H3. The van der Waals surface area contributed by atoms with E-state index in [9.17, 15) is 29.4 Å². The van der Waals surface area contributed by atoms with Crippen molar-refractivity contribution < 1.29 is 48.3 Å². The Labute approximate surface area is 208 Å². The number of Topliss-reactive ketones (excluding diaryl/α,β-unsaturated/α-hetero) is 1. The lowest BCUT2D eigenvalue weighted by Gasteiger charge is -2.66. The summed E-state index contributed by atoms with van der Waals surface area (Å²) in [6.45, 7) is 9.13. The molecule has 36 heavy (non-hydrogen) atoms. The second-order valence-electron chi connectivity index (χ2n) is 12.5. The normalized spacial score (nSPS) is 52.9. The Hall–Kier alpha value is -2.30. The van der Waals surface area contributed by atoms with Gasteiger partial charge in [-0.15, -0.1) is 0 Å². The third-order valence-corrected chi connectivity index (χ3v) is 10.7. The van der Waals surface area contributed by atoms with Crippen LogP contribution in [0.25, 0.3) is 0 Å². The first kappa shape index (κ1) is 24.1. The van der Waals surface area contributed by atoms with Crippen molar-refractivity contribution in [2.45, 2.75) is 96.1 Å². The van der Waals surface area contributed by atoms with Crippen molar-refractivity contribution in [2.75, 3.05) is 0 Å². The molecule has 4 heterocycles. The number of cyclic esters (lactones) is 3. The molecule has 10 atom stereocenters. The van der Waals surface area contributed by atoms with E-state index in [1.165, 1.54) is 6.08 Å². The van der Waals surface area contributed by atoms with E-state index in [1.807, 2.05) is 13.8 Å². The number of aliphatic hydroxyl groups is 2. The van der Waals surface area contributed by atoms with Gasteiger partial charge in [0.15, 0.2) is 6.10 Å². The number of fused-ring (bicyclic) bond motifs is 3. The first-order valence-corrected chi connectivity index (χ1v) is 12.6. The number of carbonyl (C=O) groups excluding carboxylic acids is 4. The minimum Gasteiger partial charge on any atom is -0.459 e. The fourth-order valence-corrected chi connectivity index (χ4v) is 9.07. The van der Waals surface area contributed by atoms with Gasteiger partial charge in [-0.2, -0.15) is 0 Å². The first-order chi connectivity index (χ1) is 16.6. The average Bonchev–Trinajstić information content (AvgIpc) is 3.47. The zero-order valence-corrected chi connectivity index (χ0v) is 21.0.